The average Bonchev–Trinajstić information content (AvgIpc) is 2.52. The van der Waals surface area contributed by atoms with E-state index >= 15 is 0 Å². The molecule has 2 rings (SSSR count). The van der Waals surface area contributed by atoms with Crippen LogP contribution in [0.1, 0.15) is 18.1 Å². The van der Waals surface area contributed by atoms with Gasteiger partial charge in [0.05, 0.1) is 0 Å². The molecule has 1 atom stereocenters. The Bertz CT molecular complexity index is 584. The Kier molecular flexibility index (Phi) is 5.35. The third-order valence-corrected chi connectivity index (χ3v) is 3.18. The van der Waals surface area contributed by atoms with Gasteiger partial charge in [-0.15, -0.1) is 0 Å². The quantitative estimate of drug-likeness (QED) is 0.821. The van der Waals surface area contributed by atoms with Gasteiger partial charge in [-0.25, -0.2) is 0 Å². The number of hydrogen-bond donors (Lipinski definition) is 2. The van der Waals surface area contributed by atoms with Crippen molar-refractivity contribution in [3.8, 4) is 5.75 Å². The molecule has 0 aliphatic rings. The number of hydrogen-bond acceptors (Lipinski definition) is 3. The molecule has 0 heterocycles. The van der Waals surface area contributed by atoms with Crippen molar-refractivity contribution in [2.24, 2.45) is 0 Å². The number of aliphatic carboxylic acids is 1. The number of carboxylic acids is 1. The summed E-state index contributed by atoms with van der Waals surface area (Å²) >= 11 is 0. The molecule has 0 spiro atoms. The predicted octanol–water partition coefficient (Wildman–Crippen LogP) is 2.83. The first-order valence-corrected chi connectivity index (χ1v) is 6.87. The third-order valence-electron chi connectivity index (χ3n) is 3.18. The highest BCUT2D eigenvalue weighted by Gasteiger charge is 2.11. The molecule has 0 fully saturated rings. The van der Waals surface area contributed by atoms with E-state index < -0.39 is 12.0 Å². The molecule has 0 saturated heterocycles. The molecule has 0 aliphatic carbocycles. The number of benzene rings is 2. The highest BCUT2D eigenvalue weighted by atomic mass is 16.5. The third kappa shape index (κ3) is 4.61. The molecule has 2 aromatic carbocycles. The summed E-state index contributed by atoms with van der Waals surface area (Å²) in [7, 11) is 0. The Morgan fingerprint density at radius 2 is 1.81 bits per heavy atom. The summed E-state index contributed by atoms with van der Waals surface area (Å²) in [5.74, 6) is -0.0934. The lowest BCUT2D eigenvalue weighted by atomic mass is 10.2. The summed E-state index contributed by atoms with van der Waals surface area (Å²) in [6, 6.07) is 17.0. The topological polar surface area (TPSA) is 58.6 Å². The van der Waals surface area contributed by atoms with E-state index in [0.29, 0.717) is 13.2 Å². The van der Waals surface area contributed by atoms with Crippen molar-refractivity contribution < 1.29 is 14.6 Å². The molecule has 0 radical (unpaired) electrons. The first kappa shape index (κ1) is 15.1. The minimum absolute atomic E-state index is 0.457. The van der Waals surface area contributed by atoms with E-state index in [4.69, 9.17) is 9.84 Å². The zero-order valence-corrected chi connectivity index (χ0v) is 12.0. The SMILES string of the molecule is CC(NCc1ccccc1OCc1ccccc1)C(=O)O. The minimum Gasteiger partial charge on any atom is -0.489 e. The molecule has 0 aliphatic heterocycles. The molecule has 2 N–H and O–H groups in total. The lowest BCUT2D eigenvalue weighted by Crippen LogP contribution is -2.33. The Hall–Kier alpha value is -2.33. The van der Waals surface area contributed by atoms with Crippen LogP contribution in [0.2, 0.25) is 0 Å². The second-order valence-corrected chi connectivity index (χ2v) is 4.82. The van der Waals surface area contributed by atoms with Gasteiger partial charge in [0.15, 0.2) is 0 Å². The first-order valence-electron chi connectivity index (χ1n) is 6.87. The number of rotatable bonds is 7. The number of ether oxygens (including phenoxy) is 1. The lowest BCUT2D eigenvalue weighted by Gasteiger charge is -2.14. The van der Waals surface area contributed by atoms with Crippen molar-refractivity contribution in [2.45, 2.75) is 26.1 Å². The molecule has 110 valence electrons. The standard InChI is InChI=1S/C17H19NO3/c1-13(17(19)20)18-11-15-9-5-6-10-16(15)21-12-14-7-3-2-4-8-14/h2-10,13,18H,11-12H2,1H3,(H,19,20). The van der Waals surface area contributed by atoms with E-state index in [1.54, 1.807) is 6.92 Å². The summed E-state index contributed by atoms with van der Waals surface area (Å²) < 4.78 is 5.83. The molecule has 21 heavy (non-hydrogen) atoms. The molecule has 0 saturated carbocycles. The van der Waals surface area contributed by atoms with Crippen molar-refractivity contribution in [1.82, 2.24) is 5.32 Å². The van der Waals surface area contributed by atoms with Gasteiger partial charge in [0.1, 0.15) is 18.4 Å². The summed E-state index contributed by atoms with van der Waals surface area (Å²) in [4.78, 5) is 10.8. The maximum atomic E-state index is 10.8. The first-order chi connectivity index (χ1) is 10.2. The van der Waals surface area contributed by atoms with Gasteiger partial charge < -0.3 is 15.2 Å². The van der Waals surface area contributed by atoms with E-state index in [2.05, 4.69) is 5.32 Å². The van der Waals surface area contributed by atoms with Crippen LogP contribution in [-0.2, 0) is 17.9 Å². The van der Waals surface area contributed by atoms with Crippen molar-refractivity contribution in [1.29, 1.82) is 0 Å². The van der Waals surface area contributed by atoms with E-state index in [1.807, 2.05) is 54.6 Å². The number of nitrogens with one attached hydrogen (secondary N) is 1. The fraction of sp³-hybridized carbons (Fsp3) is 0.235. The van der Waals surface area contributed by atoms with E-state index in [-0.39, 0.29) is 0 Å². The zero-order chi connectivity index (χ0) is 15.1. The Morgan fingerprint density at radius 1 is 1.14 bits per heavy atom. The Labute approximate surface area is 124 Å². The van der Waals surface area contributed by atoms with Gasteiger partial charge in [-0.1, -0.05) is 48.5 Å². The van der Waals surface area contributed by atoms with Crippen LogP contribution in [0, 0.1) is 0 Å². The number of carboxylic acid groups (broad SMARTS) is 1. The molecule has 1 unspecified atom stereocenters. The second-order valence-electron chi connectivity index (χ2n) is 4.82. The fourth-order valence-electron chi connectivity index (χ4n) is 1.88. The van der Waals surface area contributed by atoms with Gasteiger partial charge in [-0.3, -0.25) is 4.79 Å². The summed E-state index contributed by atoms with van der Waals surface area (Å²) in [6.07, 6.45) is 0. The zero-order valence-electron chi connectivity index (χ0n) is 12.0. The van der Waals surface area contributed by atoms with E-state index in [0.717, 1.165) is 16.9 Å². The highest BCUT2D eigenvalue weighted by Crippen LogP contribution is 2.19. The highest BCUT2D eigenvalue weighted by molar-refractivity contribution is 5.72. The van der Waals surface area contributed by atoms with Crippen LogP contribution in [0.25, 0.3) is 0 Å². The molecule has 0 aromatic heterocycles. The van der Waals surface area contributed by atoms with Crippen LogP contribution < -0.4 is 10.1 Å². The average molecular weight is 285 g/mol. The van der Waals surface area contributed by atoms with E-state index in [9.17, 15) is 4.79 Å². The van der Waals surface area contributed by atoms with Crippen LogP contribution >= 0.6 is 0 Å². The van der Waals surface area contributed by atoms with Gasteiger partial charge in [0, 0.05) is 12.1 Å². The number of carbonyl (C=O) groups is 1. The molecule has 0 amide bonds. The molecular weight excluding hydrogens is 266 g/mol. The summed E-state index contributed by atoms with van der Waals surface area (Å²) in [5, 5.41) is 11.8. The van der Waals surface area contributed by atoms with Crippen molar-refractivity contribution in [2.75, 3.05) is 0 Å². The monoisotopic (exact) mass is 285 g/mol. The molecule has 4 nitrogen and oxygen atoms in total. The Morgan fingerprint density at radius 3 is 2.52 bits per heavy atom. The van der Waals surface area contributed by atoms with Gasteiger partial charge in [-0.05, 0) is 18.6 Å². The van der Waals surface area contributed by atoms with Crippen molar-refractivity contribution in [3.05, 3.63) is 65.7 Å². The molecule has 0 bridgehead atoms. The normalized spacial score (nSPS) is 11.9. The van der Waals surface area contributed by atoms with Gasteiger partial charge in [0.25, 0.3) is 0 Å². The maximum Gasteiger partial charge on any atom is 0.320 e. The van der Waals surface area contributed by atoms with Crippen LogP contribution in [0.4, 0.5) is 0 Å². The Balaban J connectivity index is 1.98. The van der Waals surface area contributed by atoms with E-state index in [1.165, 1.54) is 0 Å². The van der Waals surface area contributed by atoms with Crippen LogP contribution in [0.3, 0.4) is 0 Å². The van der Waals surface area contributed by atoms with Gasteiger partial charge >= 0.3 is 5.97 Å². The van der Waals surface area contributed by atoms with Crippen LogP contribution in [-0.4, -0.2) is 17.1 Å². The van der Waals surface area contributed by atoms with Gasteiger partial charge in [-0.2, -0.15) is 0 Å². The number of para-hydroxylation sites is 1. The summed E-state index contributed by atoms with van der Waals surface area (Å²) in [5.41, 5.74) is 2.04. The van der Waals surface area contributed by atoms with Crippen molar-refractivity contribution in [3.63, 3.8) is 0 Å². The lowest BCUT2D eigenvalue weighted by molar-refractivity contribution is -0.139. The van der Waals surface area contributed by atoms with Gasteiger partial charge in [0.2, 0.25) is 0 Å². The molecular formula is C17H19NO3. The fourth-order valence-corrected chi connectivity index (χ4v) is 1.88. The largest absolute Gasteiger partial charge is 0.489 e. The van der Waals surface area contributed by atoms with Crippen LogP contribution in [0.5, 0.6) is 5.75 Å². The minimum atomic E-state index is -0.863. The molecule has 4 heteroatoms. The molecule has 2 aromatic rings. The second kappa shape index (κ2) is 7.45. The summed E-state index contributed by atoms with van der Waals surface area (Å²) in [6.45, 7) is 2.57. The smallest absolute Gasteiger partial charge is 0.320 e. The van der Waals surface area contributed by atoms with Crippen molar-refractivity contribution >= 4 is 5.97 Å². The van der Waals surface area contributed by atoms with Crippen LogP contribution in [0.15, 0.2) is 54.6 Å². The maximum absolute atomic E-state index is 10.8. The predicted molar refractivity (Wildman–Crippen MR) is 81.2 cm³/mol.